The number of ether oxygens (including phenoxy) is 4. The normalized spacial score (nSPS) is 12.1. The van der Waals surface area contributed by atoms with Crippen molar-refractivity contribution in [3.8, 4) is 0 Å². The zero-order valence-electron chi connectivity index (χ0n) is 16.3. The smallest absolute Gasteiger partial charge is 0.331 e. The quantitative estimate of drug-likeness (QED) is 0.334. The number of hydrogen-bond acceptors (Lipinski definition) is 9. The number of aromatic nitrogens is 2. The molecule has 0 N–H and O–H groups in total. The van der Waals surface area contributed by atoms with E-state index in [1.54, 1.807) is 10.9 Å². The van der Waals surface area contributed by atoms with Gasteiger partial charge in [-0.25, -0.2) is 24.2 Å². The molecule has 10 nitrogen and oxygen atoms in total. The number of benzene rings is 1. The van der Waals surface area contributed by atoms with E-state index in [1.165, 1.54) is 14.2 Å². The summed E-state index contributed by atoms with van der Waals surface area (Å²) in [5.74, 6) is -3.07. The lowest BCUT2D eigenvalue weighted by atomic mass is 10.3. The highest BCUT2D eigenvalue weighted by Gasteiger charge is 2.18. The van der Waals surface area contributed by atoms with Crippen LogP contribution in [0.25, 0.3) is 11.0 Å². The summed E-state index contributed by atoms with van der Waals surface area (Å²) in [6.07, 6.45) is 4.30. The number of methoxy groups -OCH3 is 2. The summed E-state index contributed by atoms with van der Waals surface area (Å²) in [4.78, 5) is 50.2. The summed E-state index contributed by atoms with van der Waals surface area (Å²) in [5.41, 5.74) is 1.53. The summed E-state index contributed by atoms with van der Waals surface area (Å²) in [5, 5.41) is 0. The van der Waals surface area contributed by atoms with Gasteiger partial charge in [-0.05, 0) is 12.1 Å². The molecule has 10 heteroatoms. The molecule has 1 heterocycles. The Bertz CT molecular complexity index is 976. The van der Waals surface area contributed by atoms with Crippen LogP contribution in [0.2, 0.25) is 0 Å². The Balaban J connectivity index is 2.09. The summed E-state index contributed by atoms with van der Waals surface area (Å²) < 4.78 is 20.9. The van der Waals surface area contributed by atoms with Gasteiger partial charge in [0.1, 0.15) is 6.61 Å². The second kappa shape index (κ2) is 11.1. The molecule has 1 aromatic heterocycles. The van der Waals surface area contributed by atoms with Gasteiger partial charge in [-0.2, -0.15) is 0 Å². The maximum atomic E-state index is 12.0. The Morgan fingerprint density at radius 1 is 0.933 bits per heavy atom. The van der Waals surface area contributed by atoms with Gasteiger partial charge in [0.25, 0.3) is 0 Å². The van der Waals surface area contributed by atoms with Gasteiger partial charge in [-0.1, -0.05) is 12.1 Å². The average Bonchev–Trinajstić information content (AvgIpc) is 3.16. The lowest BCUT2D eigenvalue weighted by molar-refractivity contribution is -0.153. The number of carbonyl (C=O) groups is 4. The van der Waals surface area contributed by atoms with Crippen molar-refractivity contribution in [2.45, 2.75) is 12.6 Å². The largest absolute Gasteiger partial charge is 0.466 e. The molecule has 1 aromatic carbocycles. The minimum atomic E-state index is -0.895. The van der Waals surface area contributed by atoms with Crippen molar-refractivity contribution >= 4 is 34.9 Å². The molecule has 158 valence electrons. The molecule has 0 bridgehead atoms. The molecule has 0 aliphatic rings. The zero-order valence-corrected chi connectivity index (χ0v) is 16.3. The summed E-state index contributed by atoms with van der Waals surface area (Å²) in [6.45, 7) is -0.166. The molecule has 0 saturated carbocycles. The highest BCUT2D eigenvalue weighted by molar-refractivity contribution is 5.92. The fourth-order valence-corrected chi connectivity index (χ4v) is 2.33. The number of nitrogens with zero attached hydrogens (tertiary/aromatic N) is 2. The van der Waals surface area contributed by atoms with E-state index in [9.17, 15) is 19.2 Å². The highest BCUT2D eigenvalue weighted by Crippen LogP contribution is 2.13. The number of esters is 4. The first-order chi connectivity index (χ1) is 14.4. The second-order valence-electron chi connectivity index (χ2n) is 5.79. The highest BCUT2D eigenvalue weighted by atomic mass is 16.6. The predicted molar refractivity (Wildman–Crippen MR) is 103 cm³/mol. The van der Waals surface area contributed by atoms with Crippen LogP contribution >= 0.6 is 0 Å². The standard InChI is InChI=1S/C20H20N2O8/c1-27-17(23)7-9-19(25)29-12-14(30-20(26)10-8-18(24)28-2)11-22-13-21-15-5-3-4-6-16(15)22/h3-10,13-14H,11-12H2,1-2H3/b9-7+,10-8+. The van der Waals surface area contributed by atoms with E-state index in [0.29, 0.717) is 0 Å². The predicted octanol–water partition coefficient (Wildman–Crippen LogP) is 0.950. The van der Waals surface area contributed by atoms with Crippen molar-refractivity contribution in [2.75, 3.05) is 20.8 Å². The lowest BCUT2D eigenvalue weighted by Gasteiger charge is -2.17. The van der Waals surface area contributed by atoms with Crippen LogP contribution in [-0.4, -0.2) is 60.4 Å². The topological polar surface area (TPSA) is 123 Å². The molecule has 2 aromatic rings. The maximum absolute atomic E-state index is 12.0. The van der Waals surface area contributed by atoms with Gasteiger partial charge < -0.3 is 23.5 Å². The molecule has 0 radical (unpaired) electrons. The summed E-state index contributed by atoms with van der Waals surface area (Å²) in [6, 6.07) is 7.33. The van der Waals surface area contributed by atoms with Crippen molar-refractivity contribution in [2.24, 2.45) is 0 Å². The lowest BCUT2D eigenvalue weighted by Crippen LogP contribution is -2.28. The molecule has 30 heavy (non-hydrogen) atoms. The van der Waals surface area contributed by atoms with Gasteiger partial charge in [-0.15, -0.1) is 0 Å². The van der Waals surface area contributed by atoms with E-state index in [-0.39, 0.29) is 13.2 Å². The van der Waals surface area contributed by atoms with Crippen molar-refractivity contribution in [1.82, 2.24) is 9.55 Å². The minimum absolute atomic E-state index is 0.131. The molecule has 0 aliphatic carbocycles. The third-order valence-corrected chi connectivity index (χ3v) is 3.74. The van der Waals surface area contributed by atoms with Gasteiger partial charge in [0.05, 0.1) is 38.1 Å². The maximum Gasteiger partial charge on any atom is 0.331 e. The van der Waals surface area contributed by atoms with E-state index in [4.69, 9.17) is 9.47 Å². The molecule has 0 amide bonds. The van der Waals surface area contributed by atoms with Crippen molar-refractivity contribution in [3.63, 3.8) is 0 Å². The number of fused-ring (bicyclic) bond motifs is 1. The van der Waals surface area contributed by atoms with Crippen molar-refractivity contribution < 1.29 is 38.1 Å². The van der Waals surface area contributed by atoms with Crippen LogP contribution in [0.15, 0.2) is 54.9 Å². The van der Waals surface area contributed by atoms with E-state index < -0.39 is 30.0 Å². The van der Waals surface area contributed by atoms with Crippen LogP contribution in [0.4, 0.5) is 0 Å². The molecule has 1 unspecified atom stereocenters. The van der Waals surface area contributed by atoms with Crippen molar-refractivity contribution in [3.05, 3.63) is 54.9 Å². The number of hydrogen-bond donors (Lipinski definition) is 0. The fourth-order valence-electron chi connectivity index (χ4n) is 2.33. The first-order valence-corrected chi connectivity index (χ1v) is 8.72. The zero-order chi connectivity index (χ0) is 21.9. The Hall–Kier alpha value is -3.95. The molecule has 1 atom stereocenters. The van der Waals surface area contributed by atoms with Crippen LogP contribution in [0.1, 0.15) is 0 Å². The monoisotopic (exact) mass is 416 g/mol. The Labute approximate surface area is 171 Å². The third kappa shape index (κ3) is 6.89. The van der Waals surface area contributed by atoms with E-state index in [2.05, 4.69) is 14.5 Å². The van der Waals surface area contributed by atoms with Gasteiger partial charge >= 0.3 is 23.9 Å². The first kappa shape index (κ1) is 22.3. The fraction of sp³-hybridized carbons (Fsp3) is 0.250. The van der Waals surface area contributed by atoms with Gasteiger partial charge in [0.2, 0.25) is 0 Å². The number of rotatable bonds is 9. The van der Waals surface area contributed by atoms with Crippen LogP contribution in [0.3, 0.4) is 0 Å². The third-order valence-electron chi connectivity index (χ3n) is 3.74. The van der Waals surface area contributed by atoms with Crippen molar-refractivity contribution in [1.29, 1.82) is 0 Å². The average molecular weight is 416 g/mol. The summed E-state index contributed by atoms with van der Waals surface area (Å²) >= 11 is 0. The van der Waals surface area contributed by atoms with E-state index >= 15 is 0 Å². The van der Waals surface area contributed by atoms with Crippen LogP contribution < -0.4 is 0 Å². The molecule has 0 aliphatic heterocycles. The van der Waals surface area contributed by atoms with E-state index in [1.807, 2.05) is 24.3 Å². The first-order valence-electron chi connectivity index (χ1n) is 8.72. The molecular weight excluding hydrogens is 396 g/mol. The molecule has 2 rings (SSSR count). The Kier molecular flexibility index (Phi) is 8.30. The number of imidazole rings is 1. The number of carbonyl (C=O) groups excluding carboxylic acids is 4. The molecule has 0 spiro atoms. The Morgan fingerprint density at radius 2 is 1.53 bits per heavy atom. The van der Waals surface area contributed by atoms with Gasteiger partial charge in [0.15, 0.2) is 6.10 Å². The van der Waals surface area contributed by atoms with Crippen LogP contribution in [0.5, 0.6) is 0 Å². The second-order valence-corrected chi connectivity index (χ2v) is 5.79. The number of para-hydroxylation sites is 2. The van der Waals surface area contributed by atoms with E-state index in [0.717, 1.165) is 35.3 Å². The SMILES string of the molecule is COC(=O)/C=C/C(=O)OCC(Cn1cnc2ccccc21)OC(=O)/C=C/C(=O)OC. The Morgan fingerprint density at radius 3 is 2.20 bits per heavy atom. The minimum Gasteiger partial charge on any atom is -0.466 e. The van der Waals surface area contributed by atoms with Crippen LogP contribution in [-0.2, 0) is 44.7 Å². The van der Waals surface area contributed by atoms with Gasteiger partial charge in [-0.3, -0.25) is 0 Å². The molecular formula is C20H20N2O8. The molecule has 0 saturated heterocycles. The van der Waals surface area contributed by atoms with Crippen LogP contribution in [0, 0.1) is 0 Å². The molecule has 0 fully saturated rings. The summed E-state index contributed by atoms with van der Waals surface area (Å²) in [7, 11) is 2.34. The van der Waals surface area contributed by atoms with Gasteiger partial charge in [0, 0.05) is 24.3 Å².